The lowest BCUT2D eigenvalue weighted by molar-refractivity contribution is 0.00694. The highest BCUT2D eigenvalue weighted by Gasteiger charge is 2.30. The average molecular weight is 453 g/mol. The summed E-state index contributed by atoms with van der Waals surface area (Å²) in [5.41, 5.74) is 2.69. The van der Waals surface area contributed by atoms with Gasteiger partial charge >= 0.3 is 5.97 Å². The van der Waals surface area contributed by atoms with Crippen LogP contribution in [0.2, 0.25) is 0 Å². The maximum Gasteiger partial charge on any atom is 0.342 e. The lowest BCUT2D eigenvalue weighted by Gasteiger charge is -2.23. The minimum Gasteiger partial charge on any atom is -0.456 e. The molecule has 2 aromatic heterocycles. The van der Waals surface area contributed by atoms with E-state index in [1.54, 1.807) is 6.21 Å². The van der Waals surface area contributed by atoms with E-state index in [2.05, 4.69) is 22.0 Å². The summed E-state index contributed by atoms with van der Waals surface area (Å²) in [5, 5.41) is 3.70. The number of benzene rings is 1. The van der Waals surface area contributed by atoms with Crippen LogP contribution >= 0.6 is 11.3 Å². The molecule has 3 heterocycles. The van der Waals surface area contributed by atoms with E-state index < -0.39 is 5.60 Å². The highest BCUT2D eigenvalue weighted by atomic mass is 32.1. The van der Waals surface area contributed by atoms with Gasteiger partial charge in [-0.05, 0) is 58.9 Å². The molecule has 8 heteroatoms. The molecule has 0 spiro atoms. The van der Waals surface area contributed by atoms with Crippen molar-refractivity contribution in [2.75, 3.05) is 13.6 Å². The molecule has 0 aliphatic carbocycles. The van der Waals surface area contributed by atoms with E-state index in [4.69, 9.17) is 4.74 Å². The van der Waals surface area contributed by atoms with Gasteiger partial charge in [0.15, 0.2) is 0 Å². The van der Waals surface area contributed by atoms with Gasteiger partial charge in [-0.2, -0.15) is 0 Å². The zero-order valence-electron chi connectivity index (χ0n) is 19.1. The summed E-state index contributed by atoms with van der Waals surface area (Å²) in [6, 6.07) is 9.39. The van der Waals surface area contributed by atoms with E-state index >= 15 is 0 Å². The van der Waals surface area contributed by atoms with Crippen molar-refractivity contribution in [1.29, 1.82) is 0 Å². The number of carbonyl (C=O) groups is 1. The van der Waals surface area contributed by atoms with Crippen molar-refractivity contribution in [3.63, 3.8) is 0 Å². The number of rotatable bonds is 4. The second kappa shape index (κ2) is 8.52. The van der Waals surface area contributed by atoms with Gasteiger partial charge in [0, 0.05) is 29.9 Å². The molecule has 0 saturated carbocycles. The van der Waals surface area contributed by atoms with Gasteiger partial charge in [-0.3, -0.25) is 9.89 Å². The van der Waals surface area contributed by atoms with Crippen molar-refractivity contribution in [3.8, 4) is 5.69 Å². The maximum absolute atomic E-state index is 13.1. The third-order valence-corrected chi connectivity index (χ3v) is 6.40. The number of ether oxygens (including phenoxy) is 1. The van der Waals surface area contributed by atoms with Gasteiger partial charge in [-0.1, -0.05) is 18.2 Å². The Labute approximate surface area is 191 Å². The second-order valence-corrected chi connectivity index (χ2v) is 10.1. The molecule has 0 amide bonds. The Bertz CT molecular complexity index is 1230. The molecular weight excluding hydrogens is 424 g/mol. The van der Waals surface area contributed by atoms with Crippen LogP contribution in [-0.4, -0.2) is 46.1 Å². The first-order valence-electron chi connectivity index (χ1n) is 10.6. The number of fused-ring (bicyclic) bond motifs is 1. The summed E-state index contributed by atoms with van der Waals surface area (Å²) >= 11 is 1.49. The highest BCUT2D eigenvalue weighted by Crippen LogP contribution is 2.39. The van der Waals surface area contributed by atoms with Crippen LogP contribution in [0.15, 0.2) is 40.1 Å². The van der Waals surface area contributed by atoms with Crippen LogP contribution in [0.5, 0.6) is 0 Å². The van der Waals surface area contributed by atoms with Gasteiger partial charge in [0.05, 0.1) is 16.8 Å². The minimum atomic E-state index is -0.598. The van der Waals surface area contributed by atoms with Crippen LogP contribution in [0.3, 0.4) is 0 Å². The van der Waals surface area contributed by atoms with Crippen LogP contribution < -0.4 is 5.56 Å². The summed E-state index contributed by atoms with van der Waals surface area (Å²) in [6.07, 6.45) is 2.33. The smallest absolute Gasteiger partial charge is 0.342 e. The SMILES string of the molecule is Cc1[nH]n(-c2ccccc2)c(=O)c1C=Nc1sc2c(c1C(=O)OC(C)(C)C)CCN(C)C2. The van der Waals surface area contributed by atoms with Gasteiger partial charge in [0.2, 0.25) is 0 Å². The molecule has 0 radical (unpaired) electrons. The van der Waals surface area contributed by atoms with Gasteiger partial charge in [0.1, 0.15) is 10.6 Å². The monoisotopic (exact) mass is 452 g/mol. The highest BCUT2D eigenvalue weighted by molar-refractivity contribution is 7.16. The molecule has 1 aliphatic heterocycles. The Hall–Kier alpha value is -2.97. The molecule has 168 valence electrons. The van der Waals surface area contributed by atoms with E-state index in [1.165, 1.54) is 16.0 Å². The number of aromatic amines is 1. The third-order valence-electron chi connectivity index (χ3n) is 5.27. The van der Waals surface area contributed by atoms with Crippen LogP contribution in [0.25, 0.3) is 5.69 Å². The van der Waals surface area contributed by atoms with Gasteiger partial charge in [-0.15, -0.1) is 11.3 Å². The molecule has 0 unspecified atom stereocenters. The van der Waals surface area contributed by atoms with E-state index in [9.17, 15) is 9.59 Å². The van der Waals surface area contributed by atoms with Crippen molar-refractivity contribution < 1.29 is 9.53 Å². The summed E-state index contributed by atoms with van der Waals surface area (Å²) in [4.78, 5) is 34.0. The van der Waals surface area contributed by atoms with Crippen LogP contribution in [0.4, 0.5) is 5.00 Å². The summed E-state index contributed by atoms with van der Waals surface area (Å²) in [7, 11) is 2.06. The number of H-pyrrole nitrogens is 1. The minimum absolute atomic E-state index is 0.183. The summed E-state index contributed by atoms with van der Waals surface area (Å²) < 4.78 is 7.19. The molecule has 0 atom stereocenters. The van der Waals surface area contributed by atoms with Crippen LogP contribution in [0, 0.1) is 6.92 Å². The number of aromatic nitrogens is 2. The Kier molecular flexibility index (Phi) is 5.92. The fourth-order valence-corrected chi connectivity index (χ4v) is 5.00. The molecule has 1 aromatic carbocycles. The van der Waals surface area contributed by atoms with E-state index in [0.717, 1.165) is 35.6 Å². The number of aliphatic imine (C=N–C) groups is 1. The molecule has 1 N–H and O–H groups in total. The fourth-order valence-electron chi connectivity index (χ4n) is 3.74. The molecule has 7 nitrogen and oxygen atoms in total. The Balaban J connectivity index is 1.74. The molecule has 32 heavy (non-hydrogen) atoms. The first-order valence-corrected chi connectivity index (χ1v) is 11.4. The van der Waals surface area contributed by atoms with Crippen molar-refractivity contribution in [3.05, 3.63) is 67.9 Å². The van der Waals surface area contributed by atoms with Crippen molar-refractivity contribution in [2.45, 2.75) is 46.3 Å². The van der Waals surface area contributed by atoms with Gasteiger partial charge < -0.3 is 9.64 Å². The number of nitrogens with one attached hydrogen (secondary N) is 1. The number of hydrogen-bond acceptors (Lipinski definition) is 6. The van der Waals surface area contributed by atoms with Crippen LogP contribution in [-0.2, 0) is 17.7 Å². The van der Waals surface area contributed by atoms with E-state index in [0.29, 0.717) is 21.8 Å². The first-order chi connectivity index (χ1) is 15.1. The number of likely N-dealkylation sites (N-methyl/N-ethyl adjacent to an activating group) is 1. The van der Waals surface area contributed by atoms with Gasteiger partial charge in [-0.25, -0.2) is 14.5 Å². The largest absolute Gasteiger partial charge is 0.456 e. The predicted molar refractivity (Wildman–Crippen MR) is 128 cm³/mol. The third kappa shape index (κ3) is 4.47. The molecule has 0 saturated heterocycles. The second-order valence-electron chi connectivity index (χ2n) is 9.06. The predicted octanol–water partition coefficient (Wildman–Crippen LogP) is 4.23. The Morgan fingerprint density at radius 1 is 1.25 bits per heavy atom. The number of esters is 1. The average Bonchev–Trinajstić information content (AvgIpc) is 3.22. The summed E-state index contributed by atoms with van der Waals surface area (Å²) in [6.45, 7) is 9.06. The lowest BCUT2D eigenvalue weighted by Crippen LogP contribution is -2.28. The van der Waals surface area contributed by atoms with Crippen molar-refractivity contribution >= 4 is 28.5 Å². The fraction of sp³-hybridized carbons (Fsp3) is 0.375. The van der Waals surface area contributed by atoms with Gasteiger partial charge in [0.25, 0.3) is 5.56 Å². The zero-order chi connectivity index (χ0) is 23.0. The molecule has 1 aliphatic rings. The topological polar surface area (TPSA) is 79.7 Å². The van der Waals surface area contributed by atoms with E-state index in [-0.39, 0.29) is 11.5 Å². The Morgan fingerprint density at radius 2 is 1.97 bits per heavy atom. The van der Waals surface area contributed by atoms with Crippen LogP contribution in [0.1, 0.15) is 52.8 Å². The normalized spacial score (nSPS) is 14.7. The zero-order valence-corrected chi connectivity index (χ0v) is 19.9. The summed E-state index contributed by atoms with van der Waals surface area (Å²) in [5.74, 6) is -0.362. The molecule has 0 bridgehead atoms. The standard InChI is InChI=1S/C24H28N4O3S/c1-15-18(22(29)28(26-15)16-9-7-6-8-10-16)13-25-21-20(23(30)31-24(2,3)4)17-11-12-27(5)14-19(17)32-21/h6-10,13,26H,11-12,14H2,1-5H3. The number of thiophene rings is 1. The molecule has 4 rings (SSSR count). The number of hydrogen-bond donors (Lipinski definition) is 1. The number of aryl methyl sites for hydroxylation is 1. The van der Waals surface area contributed by atoms with E-state index in [1.807, 2.05) is 58.0 Å². The molecular formula is C24H28N4O3S. The molecule has 3 aromatic rings. The quantitative estimate of drug-likeness (QED) is 0.475. The number of para-hydroxylation sites is 1. The van der Waals surface area contributed by atoms with Crippen molar-refractivity contribution in [2.24, 2.45) is 4.99 Å². The number of nitrogens with zero attached hydrogens (tertiary/aromatic N) is 3. The van der Waals surface area contributed by atoms with Crippen molar-refractivity contribution in [1.82, 2.24) is 14.7 Å². The maximum atomic E-state index is 13.1. The number of carbonyl (C=O) groups excluding carboxylic acids is 1. The lowest BCUT2D eigenvalue weighted by atomic mass is 10.0. The molecule has 0 fully saturated rings. The Morgan fingerprint density at radius 3 is 2.66 bits per heavy atom. The first kappa shape index (κ1) is 22.2.